The van der Waals surface area contributed by atoms with E-state index in [1.54, 1.807) is 7.05 Å². The minimum absolute atomic E-state index is 0.300. The maximum atomic E-state index is 12.7. The molecule has 1 aliphatic heterocycles. The third kappa shape index (κ3) is 2.56. The summed E-state index contributed by atoms with van der Waals surface area (Å²) in [5.41, 5.74) is 1.41. The fourth-order valence-electron chi connectivity index (χ4n) is 3.03. The molecule has 1 N–H and O–H groups in total. The Labute approximate surface area is 140 Å². The molecule has 0 spiro atoms. The molecule has 0 aliphatic carbocycles. The van der Waals surface area contributed by atoms with Gasteiger partial charge in [0.1, 0.15) is 0 Å². The second kappa shape index (κ2) is 6.27. The van der Waals surface area contributed by atoms with E-state index < -0.39 is 0 Å². The topological polar surface area (TPSA) is 77.1 Å². The van der Waals surface area contributed by atoms with Crippen molar-refractivity contribution in [1.29, 1.82) is 0 Å². The molecule has 24 heavy (non-hydrogen) atoms. The number of allylic oxidation sites excluding steroid dienone is 2. The van der Waals surface area contributed by atoms with Crippen molar-refractivity contribution in [2.75, 3.05) is 31.1 Å². The van der Waals surface area contributed by atoms with Gasteiger partial charge in [0.05, 0.1) is 0 Å². The summed E-state index contributed by atoms with van der Waals surface area (Å²) in [6.45, 7) is 8.00. The van der Waals surface area contributed by atoms with Crippen molar-refractivity contribution in [2.45, 2.75) is 20.4 Å². The van der Waals surface area contributed by atoms with Gasteiger partial charge in [0.15, 0.2) is 11.2 Å². The van der Waals surface area contributed by atoms with Crippen LogP contribution in [0, 0.1) is 0 Å². The summed E-state index contributed by atoms with van der Waals surface area (Å²) in [4.78, 5) is 31.8. The fourth-order valence-corrected chi connectivity index (χ4v) is 3.03. The molecule has 3 heterocycles. The fraction of sp³-hybridized carbons (Fsp3) is 0.562. The highest BCUT2D eigenvalue weighted by Crippen LogP contribution is 2.21. The van der Waals surface area contributed by atoms with Crippen LogP contribution in [-0.2, 0) is 20.6 Å². The maximum Gasteiger partial charge on any atom is 0.332 e. The van der Waals surface area contributed by atoms with E-state index in [-0.39, 0.29) is 11.2 Å². The first-order chi connectivity index (χ1) is 11.5. The molecule has 1 fully saturated rings. The first kappa shape index (κ1) is 16.5. The van der Waals surface area contributed by atoms with Gasteiger partial charge in [-0.05, 0) is 13.8 Å². The Balaban J connectivity index is 2.32. The zero-order valence-electron chi connectivity index (χ0n) is 14.7. The first-order valence-corrected chi connectivity index (χ1v) is 8.19. The molecule has 0 unspecified atom stereocenters. The lowest BCUT2D eigenvalue weighted by atomic mass is 10.3. The van der Waals surface area contributed by atoms with Crippen LogP contribution in [0.2, 0.25) is 0 Å². The number of rotatable bonds is 3. The van der Waals surface area contributed by atoms with Crippen molar-refractivity contribution in [3.63, 3.8) is 0 Å². The van der Waals surface area contributed by atoms with Gasteiger partial charge in [-0.2, -0.15) is 4.98 Å². The van der Waals surface area contributed by atoms with Crippen LogP contribution in [0.5, 0.6) is 0 Å². The normalized spacial score (nSPS) is 16.2. The molecule has 0 saturated carbocycles. The Morgan fingerprint density at radius 1 is 1.21 bits per heavy atom. The average molecular weight is 332 g/mol. The molecule has 0 aromatic carbocycles. The van der Waals surface area contributed by atoms with Crippen molar-refractivity contribution < 1.29 is 0 Å². The Kier molecular flexibility index (Phi) is 4.31. The first-order valence-electron chi connectivity index (χ1n) is 8.19. The highest BCUT2D eigenvalue weighted by Gasteiger charge is 2.23. The Hall–Kier alpha value is -2.35. The predicted molar refractivity (Wildman–Crippen MR) is 94.7 cm³/mol. The van der Waals surface area contributed by atoms with Gasteiger partial charge < -0.3 is 14.8 Å². The SMILES string of the molecule is C/C=C(\C)Cn1c(N2CCNCC2)nc2c1c(=O)n(C)c(=O)n2C. The molecule has 2 aromatic rings. The molecule has 0 amide bonds. The quantitative estimate of drug-likeness (QED) is 0.789. The van der Waals surface area contributed by atoms with Crippen LogP contribution in [0.3, 0.4) is 0 Å². The molecule has 2 aromatic heterocycles. The second-order valence-electron chi connectivity index (χ2n) is 6.25. The highest BCUT2D eigenvalue weighted by molar-refractivity contribution is 5.74. The average Bonchev–Trinajstić information content (AvgIpc) is 2.98. The van der Waals surface area contributed by atoms with E-state index in [0.717, 1.165) is 42.3 Å². The molecule has 0 atom stereocenters. The molecule has 8 nitrogen and oxygen atoms in total. The van der Waals surface area contributed by atoms with Crippen LogP contribution in [-0.4, -0.2) is 44.9 Å². The monoisotopic (exact) mass is 332 g/mol. The van der Waals surface area contributed by atoms with Crippen molar-refractivity contribution >= 4 is 17.1 Å². The number of piperazine rings is 1. The Morgan fingerprint density at radius 3 is 2.50 bits per heavy atom. The number of nitrogens with one attached hydrogen (secondary N) is 1. The smallest absolute Gasteiger partial charge is 0.332 e. The molecule has 0 radical (unpaired) electrons. The summed E-state index contributed by atoms with van der Waals surface area (Å²) < 4.78 is 4.54. The third-order valence-electron chi connectivity index (χ3n) is 4.63. The summed E-state index contributed by atoms with van der Waals surface area (Å²) >= 11 is 0. The largest absolute Gasteiger partial charge is 0.340 e. The number of hydrogen-bond donors (Lipinski definition) is 1. The van der Waals surface area contributed by atoms with Crippen LogP contribution >= 0.6 is 0 Å². The van der Waals surface area contributed by atoms with E-state index in [0.29, 0.717) is 17.7 Å². The van der Waals surface area contributed by atoms with E-state index in [1.807, 2.05) is 24.5 Å². The standard InChI is InChI=1S/C16H24N6O2/c1-5-11(2)10-22-12-13(19(3)16(24)20(4)14(12)23)18-15(22)21-8-6-17-7-9-21/h5,17H,6-10H2,1-4H3/b11-5+. The van der Waals surface area contributed by atoms with E-state index in [2.05, 4.69) is 15.2 Å². The maximum absolute atomic E-state index is 12.7. The van der Waals surface area contributed by atoms with Gasteiger partial charge in [-0.1, -0.05) is 11.6 Å². The molecule has 1 aliphatic rings. The number of aryl methyl sites for hydroxylation is 1. The van der Waals surface area contributed by atoms with Gasteiger partial charge >= 0.3 is 5.69 Å². The lowest BCUT2D eigenvalue weighted by molar-refractivity contribution is 0.571. The zero-order valence-corrected chi connectivity index (χ0v) is 14.7. The van der Waals surface area contributed by atoms with Crippen molar-refractivity contribution in [3.8, 4) is 0 Å². The molecule has 1 saturated heterocycles. The number of aromatic nitrogens is 4. The summed E-state index contributed by atoms with van der Waals surface area (Å²) in [7, 11) is 3.17. The molecule has 8 heteroatoms. The summed E-state index contributed by atoms with van der Waals surface area (Å²) in [6.07, 6.45) is 2.03. The van der Waals surface area contributed by atoms with Crippen LogP contribution in [0.4, 0.5) is 5.95 Å². The van der Waals surface area contributed by atoms with Gasteiger partial charge in [-0.3, -0.25) is 13.9 Å². The Morgan fingerprint density at radius 2 is 1.88 bits per heavy atom. The summed E-state index contributed by atoms with van der Waals surface area (Å²) in [5, 5.41) is 3.32. The lowest BCUT2D eigenvalue weighted by Gasteiger charge is -2.28. The van der Waals surface area contributed by atoms with Crippen LogP contribution < -0.4 is 21.5 Å². The number of hydrogen-bond acceptors (Lipinski definition) is 5. The van der Waals surface area contributed by atoms with Gasteiger partial charge in [0.2, 0.25) is 5.95 Å². The summed E-state index contributed by atoms with van der Waals surface area (Å²) in [5.74, 6) is 0.756. The third-order valence-corrected chi connectivity index (χ3v) is 4.63. The Bertz CT molecular complexity index is 911. The van der Waals surface area contributed by atoms with Gasteiger partial charge in [0.25, 0.3) is 5.56 Å². The highest BCUT2D eigenvalue weighted by atomic mass is 16.2. The van der Waals surface area contributed by atoms with Gasteiger partial charge in [0, 0.05) is 46.8 Å². The summed E-state index contributed by atoms with van der Waals surface area (Å²) in [6, 6.07) is 0. The predicted octanol–water partition coefficient (Wildman–Crippen LogP) is -0.190. The number of nitrogens with zero attached hydrogens (tertiary/aromatic N) is 5. The van der Waals surface area contributed by atoms with Gasteiger partial charge in [-0.15, -0.1) is 0 Å². The molecule has 130 valence electrons. The molecule has 3 rings (SSSR count). The number of fused-ring (bicyclic) bond motifs is 1. The number of imidazole rings is 1. The van der Waals surface area contributed by atoms with E-state index in [4.69, 9.17) is 0 Å². The second-order valence-corrected chi connectivity index (χ2v) is 6.25. The van der Waals surface area contributed by atoms with Crippen molar-refractivity contribution in [2.24, 2.45) is 14.1 Å². The van der Waals surface area contributed by atoms with Crippen LogP contribution in [0.25, 0.3) is 11.2 Å². The van der Waals surface area contributed by atoms with E-state index in [1.165, 1.54) is 11.6 Å². The minimum atomic E-state index is -0.355. The van der Waals surface area contributed by atoms with Crippen LogP contribution in [0.1, 0.15) is 13.8 Å². The van der Waals surface area contributed by atoms with Gasteiger partial charge in [-0.25, -0.2) is 4.79 Å². The molecular weight excluding hydrogens is 308 g/mol. The lowest BCUT2D eigenvalue weighted by Crippen LogP contribution is -2.44. The van der Waals surface area contributed by atoms with E-state index in [9.17, 15) is 9.59 Å². The molecule has 0 bridgehead atoms. The van der Waals surface area contributed by atoms with E-state index >= 15 is 0 Å². The van der Waals surface area contributed by atoms with Crippen molar-refractivity contribution in [1.82, 2.24) is 24.0 Å². The van der Waals surface area contributed by atoms with Crippen LogP contribution in [0.15, 0.2) is 21.2 Å². The molecular formula is C16H24N6O2. The zero-order chi connectivity index (χ0) is 17.4. The minimum Gasteiger partial charge on any atom is -0.340 e. The number of anilines is 1. The van der Waals surface area contributed by atoms with Crippen molar-refractivity contribution in [3.05, 3.63) is 32.5 Å².